The first-order valence-electron chi connectivity index (χ1n) is 9.91. The van der Waals surface area contributed by atoms with Crippen LogP contribution in [0.4, 0.5) is 5.69 Å². The van der Waals surface area contributed by atoms with Gasteiger partial charge in [0.25, 0.3) is 15.9 Å². The van der Waals surface area contributed by atoms with E-state index >= 15 is 0 Å². The number of nitrogens with zero attached hydrogens (tertiary/aromatic N) is 2. The third-order valence-electron chi connectivity index (χ3n) is 4.95. The van der Waals surface area contributed by atoms with Gasteiger partial charge in [0.15, 0.2) is 0 Å². The van der Waals surface area contributed by atoms with Crippen LogP contribution in [0.2, 0.25) is 5.02 Å². The fourth-order valence-corrected chi connectivity index (χ4v) is 4.47. The molecule has 0 fully saturated rings. The number of nitrogens with one attached hydrogen (secondary N) is 1. The first-order valence-corrected chi connectivity index (χ1v) is 11.7. The molecule has 0 saturated heterocycles. The number of hydrazone groups is 1. The van der Waals surface area contributed by atoms with Crippen LogP contribution in [0.15, 0.2) is 76.7 Å². The zero-order chi connectivity index (χ0) is 23.3. The molecule has 8 heteroatoms. The Kier molecular flexibility index (Phi) is 7.33. The van der Waals surface area contributed by atoms with Crippen LogP contribution in [0.5, 0.6) is 0 Å². The average molecular weight is 470 g/mol. The monoisotopic (exact) mass is 469 g/mol. The molecule has 3 rings (SSSR count). The summed E-state index contributed by atoms with van der Waals surface area (Å²) in [4.78, 5) is 12.7. The lowest BCUT2D eigenvalue weighted by molar-refractivity contribution is -0.119. The van der Waals surface area contributed by atoms with E-state index in [4.69, 9.17) is 11.6 Å². The Morgan fingerprint density at radius 2 is 1.62 bits per heavy atom. The molecule has 32 heavy (non-hydrogen) atoms. The number of aryl methyl sites for hydroxylation is 3. The quantitative estimate of drug-likeness (QED) is 0.405. The van der Waals surface area contributed by atoms with Crippen molar-refractivity contribution < 1.29 is 13.2 Å². The number of sulfonamides is 1. The van der Waals surface area contributed by atoms with Gasteiger partial charge in [0.2, 0.25) is 0 Å². The van der Waals surface area contributed by atoms with E-state index in [0.29, 0.717) is 10.7 Å². The summed E-state index contributed by atoms with van der Waals surface area (Å²) in [5.74, 6) is -0.566. The lowest BCUT2D eigenvalue weighted by atomic mass is 10.1. The molecule has 0 bridgehead atoms. The topological polar surface area (TPSA) is 78.8 Å². The highest BCUT2D eigenvalue weighted by Gasteiger charge is 2.27. The molecular formula is C24H24ClN3O3S. The Morgan fingerprint density at radius 3 is 2.25 bits per heavy atom. The number of carbonyl (C=O) groups excluding carboxylic acids is 1. The minimum Gasteiger partial charge on any atom is -0.271 e. The second-order valence-electron chi connectivity index (χ2n) is 7.44. The zero-order valence-corrected chi connectivity index (χ0v) is 19.6. The Balaban J connectivity index is 1.86. The summed E-state index contributed by atoms with van der Waals surface area (Å²) in [5.41, 5.74) is 6.44. The maximum atomic E-state index is 13.4. The summed E-state index contributed by atoms with van der Waals surface area (Å²) in [5, 5.41) is 4.52. The largest absolute Gasteiger partial charge is 0.271 e. The number of benzene rings is 3. The Bertz CT molecular complexity index is 1240. The van der Waals surface area contributed by atoms with Crippen LogP contribution in [0.1, 0.15) is 22.3 Å². The third kappa shape index (κ3) is 5.75. The fraction of sp³-hybridized carbons (Fsp3) is 0.167. The number of halogens is 1. The van der Waals surface area contributed by atoms with E-state index in [1.54, 1.807) is 48.5 Å². The van der Waals surface area contributed by atoms with Gasteiger partial charge in [-0.05, 0) is 73.9 Å². The average Bonchev–Trinajstić information content (AvgIpc) is 2.76. The summed E-state index contributed by atoms with van der Waals surface area (Å²) in [6.45, 7) is 5.29. The summed E-state index contributed by atoms with van der Waals surface area (Å²) in [7, 11) is -3.97. The highest BCUT2D eigenvalue weighted by atomic mass is 35.5. The minimum atomic E-state index is -3.97. The van der Waals surface area contributed by atoms with Crippen LogP contribution in [-0.2, 0) is 14.8 Å². The lowest BCUT2D eigenvalue weighted by Crippen LogP contribution is -2.39. The Morgan fingerprint density at radius 1 is 0.969 bits per heavy atom. The van der Waals surface area contributed by atoms with Gasteiger partial charge < -0.3 is 0 Å². The van der Waals surface area contributed by atoms with Gasteiger partial charge in [0.1, 0.15) is 6.54 Å². The van der Waals surface area contributed by atoms with Crippen molar-refractivity contribution in [3.8, 4) is 0 Å². The van der Waals surface area contributed by atoms with Crippen molar-refractivity contribution in [2.24, 2.45) is 5.10 Å². The first-order chi connectivity index (χ1) is 15.2. The number of carbonyl (C=O) groups is 1. The van der Waals surface area contributed by atoms with Gasteiger partial charge in [-0.1, -0.05) is 47.5 Å². The van der Waals surface area contributed by atoms with Gasteiger partial charge in [-0.25, -0.2) is 13.8 Å². The summed E-state index contributed by atoms with van der Waals surface area (Å²) in [6, 6.07) is 18.7. The van der Waals surface area contributed by atoms with Crippen LogP contribution in [0, 0.1) is 20.8 Å². The number of amides is 1. The minimum absolute atomic E-state index is 0.110. The maximum Gasteiger partial charge on any atom is 0.264 e. The SMILES string of the molecule is Cc1ccc(S(=O)(=O)N(CC(=O)N/N=C\c2ccc(Cl)cc2)c2ccc(C)c(C)c2)cc1. The van der Waals surface area contributed by atoms with Crippen molar-refractivity contribution in [3.63, 3.8) is 0 Å². The molecule has 0 aliphatic heterocycles. The Hall–Kier alpha value is -3.16. The highest BCUT2D eigenvalue weighted by molar-refractivity contribution is 7.92. The van der Waals surface area contributed by atoms with Gasteiger partial charge in [-0.3, -0.25) is 9.10 Å². The van der Waals surface area contributed by atoms with E-state index in [2.05, 4.69) is 10.5 Å². The molecule has 1 N–H and O–H groups in total. The summed E-state index contributed by atoms with van der Waals surface area (Å²) < 4.78 is 27.9. The van der Waals surface area contributed by atoms with E-state index in [9.17, 15) is 13.2 Å². The second-order valence-corrected chi connectivity index (χ2v) is 9.74. The molecule has 0 saturated carbocycles. The lowest BCUT2D eigenvalue weighted by Gasteiger charge is -2.24. The molecule has 3 aromatic rings. The molecule has 0 radical (unpaired) electrons. The van der Waals surface area contributed by atoms with Gasteiger partial charge in [-0.2, -0.15) is 5.10 Å². The molecule has 0 heterocycles. The number of hydrogen-bond acceptors (Lipinski definition) is 4. The molecule has 3 aromatic carbocycles. The van der Waals surface area contributed by atoms with E-state index in [1.165, 1.54) is 18.3 Å². The van der Waals surface area contributed by atoms with Gasteiger partial charge in [-0.15, -0.1) is 0 Å². The van der Waals surface area contributed by atoms with Crippen LogP contribution >= 0.6 is 11.6 Å². The van der Waals surface area contributed by atoms with E-state index in [-0.39, 0.29) is 4.90 Å². The van der Waals surface area contributed by atoms with E-state index in [0.717, 1.165) is 26.6 Å². The van der Waals surface area contributed by atoms with Crippen molar-refractivity contribution in [2.75, 3.05) is 10.8 Å². The van der Waals surface area contributed by atoms with Crippen molar-refractivity contribution in [2.45, 2.75) is 25.7 Å². The summed E-state index contributed by atoms with van der Waals surface area (Å²) in [6.07, 6.45) is 1.46. The van der Waals surface area contributed by atoms with Gasteiger partial charge >= 0.3 is 0 Å². The highest BCUT2D eigenvalue weighted by Crippen LogP contribution is 2.26. The van der Waals surface area contributed by atoms with Crippen LogP contribution < -0.4 is 9.73 Å². The summed E-state index contributed by atoms with van der Waals surface area (Å²) >= 11 is 5.86. The zero-order valence-electron chi connectivity index (χ0n) is 18.0. The maximum absolute atomic E-state index is 13.4. The van der Waals surface area contributed by atoms with Gasteiger partial charge in [0, 0.05) is 5.02 Å². The predicted molar refractivity (Wildman–Crippen MR) is 129 cm³/mol. The predicted octanol–water partition coefficient (Wildman–Crippen LogP) is 4.61. The van der Waals surface area contributed by atoms with Gasteiger partial charge in [0.05, 0.1) is 16.8 Å². The number of anilines is 1. The third-order valence-corrected chi connectivity index (χ3v) is 6.99. The van der Waals surface area contributed by atoms with Crippen molar-refractivity contribution >= 4 is 39.4 Å². The van der Waals surface area contributed by atoms with E-state index < -0.39 is 22.5 Å². The molecule has 166 valence electrons. The molecule has 0 atom stereocenters. The smallest absolute Gasteiger partial charge is 0.264 e. The van der Waals surface area contributed by atoms with Crippen LogP contribution in [0.3, 0.4) is 0 Å². The number of hydrogen-bond donors (Lipinski definition) is 1. The van der Waals surface area contributed by atoms with Crippen LogP contribution in [0.25, 0.3) is 0 Å². The standard InChI is InChI=1S/C24H24ClN3O3S/c1-17-4-12-23(13-5-17)32(30,31)28(22-11-6-18(2)19(3)14-22)16-24(29)27-26-15-20-7-9-21(25)10-8-20/h4-15H,16H2,1-3H3,(H,27,29)/b26-15-. The second kappa shape index (κ2) is 9.97. The molecule has 1 amide bonds. The molecule has 0 spiro atoms. The number of rotatable bonds is 7. The molecular weight excluding hydrogens is 446 g/mol. The van der Waals surface area contributed by atoms with Crippen molar-refractivity contribution in [1.29, 1.82) is 0 Å². The molecule has 0 aromatic heterocycles. The molecule has 0 aliphatic carbocycles. The van der Waals surface area contributed by atoms with Crippen molar-refractivity contribution in [3.05, 3.63) is 94.0 Å². The fourth-order valence-electron chi connectivity index (χ4n) is 2.93. The normalized spacial score (nSPS) is 11.5. The van der Waals surface area contributed by atoms with Crippen LogP contribution in [-0.4, -0.2) is 27.1 Å². The van der Waals surface area contributed by atoms with Crippen molar-refractivity contribution in [1.82, 2.24) is 5.43 Å². The molecule has 6 nitrogen and oxygen atoms in total. The molecule has 0 aliphatic rings. The van der Waals surface area contributed by atoms with E-state index in [1.807, 2.05) is 26.8 Å². The first kappa shape index (κ1) is 23.5. The Labute approximate surface area is 193 Å². The molecule has 0 unspecified atom stereocenters.